The van der Waals surface area contributed by atoms with Gasteiger partial charge >= 0.3 is 0 Å². The van der Waals surface area contributed by atoms with Crippen molar-refractivity contribution in [2.45, 2.75) is 31.2 Å². The zero-order chi connectivity index (χ0) is 23.0. The summed E-state index contributed by atoms with van der Waals surface area (Å²) in [6.45, 7) is 3.96. The van der Waals surface area contributed by atoms with Crippen LogP contribution in [0.5, 0.6) is 0 Å². The van der Waals surface area contributed by atoms with E-state index in [0.717, 1.165) is 15.4 Å². The van der Waals surface area contributed by atoms with Gasteiger partial charge in [0, 0.05) is 6.54 Å². The monoisotopic (exact) mass is 449 g/mol. The number of nitrogens with zero attached hydrogens (tertiary/aromatic N) is 2. The van der Waals surface area contributed by atoms with Gasteiger partial charge in [0.1, 0.15) is 0 Å². The maximum Gasteiger partial charge on any atom is 0.255 e. The van der Waals surface area contributed by atoms with Crippen LogP contribution in [0.4, 0.5) is 0 Å². The number of nitrogens with one attached hydrogen (secondary N) is 1. The number of carbonyl (C=O) groups is 1. The minimum atomic E-state index is -3.86. The van der Waals surface area contributed by atoms with Crippen molar-refractivity contribution in [3.63, 3.8) is 0 Å². The summed E-state index contributed by atoms with van der Waals surface area (Å²) in [5.74, 6) is -0.0849. The molecule has 3 aromatic rings. The van der Waals surface area contributed by atoms with E-state index in [2.05, 4.69) is 24.4 Å². The molecule has 1 amide bonds. The van der Waals surface area contributed by atoms with Crippen molar-refractivity contribution in [1.29, 1.82) is 0 Å². The maximum absolute atomic E-state index is 13.2. The van der Waals surface area contributed by atoms with Crippen molar-refractivity contribution in [2.24, 2.45) is 5.10 Å². The Morgan fingerprint density at radius 3 is 2.12 bits per heavy atom. The minimum Gasteiger partial charge on any atom is -0.272 e. The molecule has 0 aliphatic carbocycles. The Hall–Kier alpha value is -3.29. The Balaban J connectivity index is 1.71. The molecule has 0 aliphatic heterocycles. The molecular formula is C25H27N3O3S. The van der Waals surface area contributed by atoms with Crippen LogP contribution < -0.4 is 5.43 Å². The van der Waals surface area contributed by atoms with E-state index in [9.17, 15) is 13.2 Å². The van der Waals surface area contributed by atoms with E-state index in [0.29, 0.717) is 5.92 Å². The third kappa shape index (κ3) is 6.35. The van der Waals surface area contributed by atoms with E-state index in [-0.39, 0.29) is 18.0 Å². The Labute approximate surface area is 189 Å². The molecule has 0 saturated carbocycles. The standard InChI is InChI=1S/C25H27N3O3S/c1-20(2)23-15-13-21(14-16-23)17-26-27-25(29)19-28(18-22-9-5-3-6-10-22)32(30,31)24-11-7-4-8-12-24/h3-17,20H,18-19H2,1-2H3,(H,27,29)/b26-17-. The molecule has 166 valence electrons. The fourth-order valence-electron chi connectivity index (χ4n) is 3.10. The molecule has 0 fully saturated rings. The first-order valence-corrected chi connectivity index (χ1v) is 11.8. The van der Waals surface area contributed by atoms with Gasteiger partial charge in [0.2, 0.25) is 10.0 Å². The minimum absolute atomic E-state index is 0.0753. The Kier molecular flexibility index (Phi) is 7.92. The van der Waals surface area contributed by atoms with E-state index in [1.165, 1.54) is 23.9 Å². The van der Waals surface area contributed by atoms with Gasteiger partial charge in [-0.2, -0.15) is 9.41 Å². The zero-order valence-corrected chi connectivity index (χ0v) is 19.0. The Bertz CT molecular complexity index is 1140. The highest BCUT2D eigenvalue weighted by Crippen LogP contribution is 2.18. The van der Waals surface area contributed by atoms with Gasteiger partial charge in [-0.3, -0.25) is 4.79 Å². The first kappa shape index (κ1) is 23.4. The summed E-state index contributed by atoms with van der Waals surface area (Å²) in [7, 11) is -3.86. The van der Waals surface area contributed by atoms with E-state index >= 15 is 0 Å². The van der Waals surface area contributed by atoms with Gasteiger partial charge in [-0.15, -0.1) is 0 Å². The largest absolute Gasteiger partial charge is 0.272 e. The molecule has 0 unspecified atom stereocenters. The summed E-state index contributed by atoms with van der Waals surface area (Å²) < 4.78 is 27.5. The molecule has 0 radical (unpaired) electrons. The second kappa shape index (κ2) is 10.8. The van der Waals surface area contributed by atoms with Crippen molar-refractivity contribution in [2.75, 3.05) is 6.54 Å². The van der Waals surface area contributed by atoms with Crippen LogP contribution in [-0.4, -0.2) is 31.4 Å². The smallest absolute Gasteiger partial charge is 0.255 e. The highest BCUT2D eigenvalue weighted by Gasteiger charge is 2.26. The van der Waals surface area contributed by atoms with Gasteiger partial charge in [0.15, 0.2) is 0 Å². The number of carbonyl (C=O) groups excluding carboxylic acids is 1. The predicted molar refractivity (Wildman–Crippen MR) is 127 cm³/mol. The van der Waals surface area contributed by atoms with E-state index in [4.69, 9.17) is 0 Å². The van der Waals surface area contributed by atoms with Gasteiger partial charge in [-0.25, -0.2) is 13.8 Å². The molecule has 0 aromatic heterocycles. The summed E-state index contributed by atoms with van der Waals surface area (Å²) in [4.78, 5) is 12.7. The lowest BCUT2D eigenvalue weighted by Gasteiger charge is -2.21. The number of benzene rings is 3. The van der Waals surface area contributed by atoms with Gasteiger partial charge in [-0.1, -0.05) is 86.6 Å². The molecule has 32 heavy (non-hydrogen) atoms. The molecule has 1 N–H and O–H groups in total. The number of amides is 1. The Morgan fingerprint density at radius 1 is 0.938 bits per heavy atom. The molecule has 0 bridgehead atoms. The lowest BCUT2D eigenvalue weighted by molar-refractivity contribution is -0.121. The number of hydrogen-bond donors (Lipinski definition) is 1. The van der Waals surface area contributed by atoms with Crippen molar-refractivity contribution in [3.8, 4) is 0 Å². The number of hydrogen-bond acceptors (Lipinski definition) is 4. The average Bonchev–Trinajstić information content (AvgIpc) is 2.80. The lowest BCUT2D eigenvalue weighted by atomic mass is 10.0. The zero-order valence-electron chi connectivity index (χ0n) is 18.2. The second-order valence-corrected chi connectivity index (χ2v) is 9.62. The van der Waals surface area contributed by atoms with Crippen LogP contribution in [0, 0.1) is 0 Å². The molecule has 7 heteroatoms. The van der Waals surface area contributed by atoms with Crippen molar-refractivity contribution < 1.29 is 13.2 Å². The SMILES string of the molecule is CC(C)c1ccc(/C=N\NC(=O)CN(Cc2ccccc2)S(=O)(=O)c2ccccc2)cc1. The van der Waals surface area contributed by atoms with E-state index in [1.54, 1.807) is 18.2 Å². The number of sulfonamides is 1. The highest BCUT2D eigenvalue weighted by atomic mass is 32.2. The van der Waals surface area contributed by atoms with Crippen molar-refractivity contribution in [1.82, 2.24) is 9.73 Å². The molecular weight excluding hydrogens is 422 g/mol. The van der Waals surface area contributed by atoms with Crippen LogP contribution >= 0.6 is 0 Å². The molecule has 0 heterocycles. The van der Waals surface area contributed by atoms with Crippen LogP contribution in [0.1, 0.15) is 36.5 Å². The summed E-state index contributed by atoms with van der Waals surface area (Å²) >= 11 is 0. The fraction of sp³-hybridized carbons (Fsp3) is 0.200. The number of hydrazone groups is 1. The normalized spacial score (nSPS) is 11.9. The molecule has 0 atom stereocenters. The summed E-state index contributed by atoms with van der Waals surface area (Å²) in [6.07, 6.45) is 1.54. The average molecular weight is 450 g/mol. The van der Waals surface area contributed by atoms with Gasteiger partial charge in [0.05, 0.1) is 17.7 Å². The predicted octanol–water partition coefficient (Wildman–Crippen LogP) is 4.15. The molecule has 0 spiro atoms. The van der Waals surface area contributed by atoms with E-state index < -0.39 is 15.9 Å². The van der Waals surface area contributed by atoms with Gasteiger partial charge < -0.3 is 0 Å². The summed E-state index contributed by atoms with van der Waals surface area (Å²) in [5, 5.41) is 3.98. The molecule has 6 nitrogen and oxygen atoms in total. The van der Waals surface area contributed by atoms with Crippen molar-refractivity contribution >= 4 is 22.1 Å². The molecule has 3 rings (SSSR count). The second-order valence-electron chi connectivity index (χ2n) is 7.69. The quantitative estimate of drug-likeness (QED) is 0.394. The van der Waals surface area contributed by atoms with Crippen LogP contribution in [0.15, 0.2) is 94.9 Å². The fourth-order valence-corrected chi connectivity index (χ4v) is 4.50. The summed E-state index contributed by atoms with van der Waals surface area (Å²) in [5.41, 5.74) is 5.28. The van der Waals surface area contributed by atoms with Crippen molar-refractivity contribution in [3.05, 3.63) is 102 Å². The van der Waals surface area contributed by atoms with Crippen LogP contribution in [-0.2, 0) is 21.4 Å². The summed E-state index contributed by atoms with van der Waals surface area (Å²) in [6, 6.07) is 25.1. The first-order chi connectivity index (χ1) is 15.4. The van der Waals surface area contributed by atoms with E-state index in [1.807, 2.05) is 54.6 Å². The Morgan fingerprint density at radius 2 is 1.53 bits per heavy atom. The topological polar surface area (TPSA) is 78.8 Å². The lowest BCUT2D eigenvalue weighted by Crippen LogP contribution is -2.39. The molecule has 3 aromatic carbocycles. The van der Waals surface area contributed by atoms with Gasteiger partial charge in [-0.05, 0) is 34.7 Å². The first-order valence-electron chi connectivity index (χ1n) is 10.4. The van der Waals surface area contributed by atoms with Crippen LogP contribution in [0.25, 0.3) is 0 Å². The third-order valence-corrected chi connectivity index (χ3v) is 6.71. The molecule has 0 aliphatic rings. The number of rotatable bonds is 9. The highest BCUT2D eigenvalue weighted by molar-refractivity contribution is 7.89. The van der Waals surface area contributed by atoms with Crippen LogP contribution in [0.3, 0.4) is 0 Å². The van der Waals surface area contributed by atoms with Crippen LogP contribution in [0.2, 0.25) is 0 Å². The molecule has 0 saturated heterocycles. The maximum atomic E-state index is 13.2. The third-order valence-electron chi connectivity index (χ3n) is 4.91. The van der Waals surface area contributed by atoms with Gasteiger partial charge in [0.25, 0.3) is 5.91 Å².